The van der Waals surface area contributed by atoms with Crippen molar-refractivity contribution in [2.24, 2.45) is 5.92 Å². The van der Waals surface area contributed by atoms with Gasteiger partial charge in [0.1, 0.15) is 0 Å². The lowest BCUT2D eigenvalue weighted by atomic mass is 9.95. The topological polar surface area (TPSA) is 3.24 Å². The van der Waals surface area contributed by atoms with E-state index >= 15 is 0 Å². The minimum Gasteiger partial charge on any atom is -0.349 e. The Bertz CT molecular complexity index is 260. The molecule has 1 aliphatic rings. The van der Waals surface area contributed by atoms with Crippen LogP contribution in [0.3, 0.4) is 0 Å². The lowest BCUT2D eigenvalue weighted by Gasteiger charge is -2.27. The molecule has 78 valence electrons. The van der Waals surface area contributed by atoms with Crippen molar-refractivity contribution in [3.05, 3.63) is 36.2 Å². The first-order valence-corrected chi connectivity index (χ1v) is 5.47. The summed E-state index contributed by atoms with van der Waals surface area (Å²) >= 11 is 0. The van der Waals surface area contributed by atoms with Gasteiger partial charge in [-0.25, -0.2) is 0 Å². The van der Waals surface area contributed by atoms with Gasteiger partial charge in [-0.15, -0.1) is 0 Å². The molecular weight excluding hydrogens is 170 g/mol. The summed E-state index contributed by atoms with van der Waals surface area (Å²) in [6, 6.07) is 0. The van der Waals surface area contributed by atoms with Crippen LogP contribution in [0.1, 0.15) is 33.6 Å². The van der Waals surface area contributed by atoms with E-state index in [9.17, 15) is 0 Å². The van der Waals surface area contributed by atoms with E-state index in [0.29, 0.717) is 5.92 Å². The van der Waals surface area contributed by atoms with Crippen molar-refractivity contribution in [2.45, 2.75) is 33.6 Å². The number of rotatable bonds is 4. The summed E-state index contributed by atoms with van der Waals surface area (Å²) in [5.74, 6) is 0.687. The molecule has 0 N–H and O–H groups in total. The summed E-state index contributed by atoms with van der Waals surface area (Å²) < 4.78 is 0. The van der Waals surface area contributed by atoms with Crippen molar-refractivity contribution >= 4 is 0 Å². The number of hydrogen-bond acceptors (Lipinski definition) is 1. The highest BCUT2D eigenvalue weighted by molar-refractivity contribution is 5.32. The molecule has 0 saturated carbocycles. The van der Waals surface area contributed by atoms with Gasteiger partial charge in [-0.1, -0.05) is 32.6 Å². The second kappa shape index (κ2) is 5.04. The van der Waals surface area contributed by atoms with Crippen LogP contribution >= 0.6 is 0 Å². The molecule has 0 aromatic carbocycles. The fraction of sp³-hybridized carbons (Fsp3) is 0.538. The summed E-state index contributed by atoms with van der Waals surface area (Å²) in [4.78, 5) is 2.25. The second-order valence-electron chi connectivity index (χ2n) is 4.03. The first kappa shape index (κ1) is 11.1. The minimum atomic E-state index is 0.687. The molecule has 1 unspecified atom stereocenters. The first-order chi connectivity index (χ1) is 6.69. The van der Waals surface area contributed by atoms with E-state index < -0.39 is 0 Å². The maximum Gasteiger partial charge on any atom is 0.0392 e. The molecule has 1 heteroatoms. The van der Waals surface area contributed by atoms with Gasteiger partial charge in [0.25, 0.3) is 0 Å². The van der Waals surface area contributed by atoms with E-state index in [-0.39, 0.29) is 0 Å². The predicted octanol–water partition coefficient (Wildman–Crippen LogP) is 3.71. The Labute approximate surface area is 87.8 Å². The highest BCUT2D eigenvalue weighted by atomic mass is 15.1. The van der Waals surface area contributed by atoms with E-state index in [1.54, 1.807) is 0 Å². The van der Waals surface area contributed by atoms with Crippen molar-refractivity contribution in [1.29, 1.82) is 0 Å². The van der Waals surface area contributed by atoms with Gasteiger partial charge in [-0.3, -0.25) is 0 Å². The van der Waals surface area contributed by atoms with Gasteiger partial charge in [-0.2, -0.15) is 0 Å². The first-order valence-electron chi connectivity index (χ1n) is 5.47. The summed E-state index contributed by atoms with van der Waals surface area (Å²) in [7, 11) is 0. The zero-order valence-electron chi connectivity index (χ0n) is 9.59. The molecule has 0 aliphatic heterocycles. The third-order valence-electron chi connectivity index (χ3n) is 2.62. The van der Waals surface area contributed by atoms with Crippen LogP contribution in [0.25, 0.3) is 0 Å². The average Bonchev–Trinajstić information content (AvgIpc) is 2.15. The molecule has 0 saturated heterocycles. The second-order valence-corrected chi connectivity index (χ2v) is 4.03. The van der Waals surface area contributed by atoms with Gasteiger partial charge in [0.2, 0.25) is 0 Å². The lowest BCUT2D eigenvalue weighted by Crippen LogP contribution is -2.20. The molecular formula is C13H21N. The fourth-order valence-electron chi connectivity index (χ4n) is 1.93. The molecule has 0 fully saturated rings. The van der Waals surface area contributed by atoms with Gasteiger partial charge in [0, 0.05) is 12.2 Å². The van der Waals surface area contributed by atoms with E-state index in [1.165, 1.54) is 11.3 Å². The molecule has 1 nitrogen and oxygen atoms in total. The van der Waals surface area contributed by atoms with Crippen LogP contribution in [-0.2, 0) is 0 Å². The molecule has 14 heavy (non-hydrogen) atoms. The van der Waals surface area contributed by atoms with Gasteiger partial charge >= 0.3 is 0 Å². The highest BCUT2D eigenvalue weighted by Gasteiger charge is 2.12. The lowest BCUT2D eigenvalue weighted by molar-refractivity contribution is 0.461. The Balaban J connectivity index is 2.76. The monoisotopic (exact) mass is 191 g/mol. The van der Waals surface area contributed by atoms with Crippen LogP contribution in [0.5, 0.6) is 0 Å². The molecule has 1 rings (SSSR count). The average molecular weight is 191 g/mol. The van der Waals surface area contributed by atoms with Crippen molar-refractivity contribution in [1.82, 2.24) is 4.90 Å². The Morgan fingerprint density at radius 2 is 2.36 bits per heavy atom. The molecule has 0 aromatic heterocycles. The quantitative estimate of drug-likeness (QED) is 0.654. The molecule has 0 aromatic rings. The minimum absolute atomic E-state index is 0.687. The number of nitrogens with zero attached hydrogens (tertiary/aromatic N) is 1. The van der Waals surface area contributed by atoms with Crippen LogP contribution in [0.2, 0.25) is 0 Å². The third kappa shape index (κ3) is 2.50. The summed E-state index contributed by atoms with van der Waals surface area (Å²) in [5.41, 5.74) is 2.73. The maximum atomic E-state index is 3.87. The maximum absolute atomic E-state index is 3.87. The Morgan fingerprint density at radius 3 is 2.86 bits per heavy atom. The standard InChI is InChI=1S/C13H21N/c1-5-9-14(6-2)13-8-7-11(3)10-12(13)4/h6,8,10-11H,2,5,7,9H2,1,3-4H3. The Hall–Kier alpha value is -0.980. The van der Waals surface area contributed by atoms with Gasteiger partial charge in [0.15, 0.2) is 0 Å². The molecule has 0 amide bonds. The van der Waals surface area contributed by atoms with E-state index in [0.717, 1.165) is 19.4 Å². The molecule has 1 atom stereocenters. The Kier molecular flexibility index (Phi) is 3.99. The van der Waals surface area contributed by atoms with Gasteiger partial charge < -0.3 is 4.90 Å². The van der Waals surface area contributed by atoms with Crippen molar-refractivity contribution < 1.29 is 0 Å². The van der Waals surface area contributed by atoms with Crippen LogP contribution < -0.4 is 0 Å². The SMILES string of the molecule is C=CN(CCC)C1=CCC(C)C=C1C. The van der Waals surface area contributed by atoms with Crippen LogP contribution in [0, 0.1) is 5.92 Å². The zero-order chi connectivity index (χ0) is 10.6. The van der Waals surface area contributed by atoms with Crippen molar-refractivity contribution in [2.75, 3.05) is 6.54 Å². The van der Waals surface area contributed by atoms with Gasteiger partial charge in [0.05, 0.1) is 0 Å². The van der Waals surface area contributed by atoms with Crippen LogP contribution in [-0.4, -0.2) is 11.4 Å². The van der Waals surface area contributed by atoms with E-state index in [4.69, 9.17) is 0 Å². The molecule has 1 aliphatic carbocycles. The summed E-state index contributed by atoms with van der Waals surface area (Å²) in [6.45, 7) is 11.6. The summed E-state index contributed by atoms with van der Waals surface area (Å²) in [6.07, 6.45) is 8.93. The van der Waals surface area contributed by atoms with Crippen LogP contribution in [0.4, 0.5) is 0 Å². The fourth-order valence-corrected chi connectivity index (χ4v) is 1.93. The van der Waals surface area contributed by atoms with Crippen LogP contribution in [0.15, 0.2) is 36.2 Å². The van der Waals surface area contributed by atoms with E-state index in [1.807, 2.05) is 6.20 Å². The van der Waals surface area contributed by atoms with E-state index in [2.05, 4.69) is 44.4 Å². The third-order valence-corrected chi connectivity index (χ3v) is 2.62. The smallest absolute Gasteiger partial charge is 0.0392 e. The summed E-state index contributed by atoms with van der Waals surface area (Å²) in [5, 5.41) is 0. The largest absolute Gasteiger partial charge is 0.349 e. The predicted molar refractivity (Wildman–Crippen MR) is 62.8 cm³/mol. The van der Waals surface area contributed by atoms with Gasteiger partial charge in [-0.05, 0) is 37.5 Å². The molecule has 0 heterocycles. The molecule has 0 bridgehead atoms. The number of allylic oxidation sites excluding steroid dienone is 3. The number of hydrogen-bond donors (Lipinski definition) is 0. The van der Waals surface area contributed by atoms with Crippen molar-refractivity contribution in [3.8, 4) is 0 Å². The normalized spacial score (nSPS) is 21.2. The highest BCUT2D eigenvalue weighted by Crippen LogP contribution is 2.25. The van der Waals surface area contributed by atoms with Crippen molar-refractivity contribution in [3.63, 3.8) is 0 Å². The molecule has 0 radical (unpaired) electrons. The molecule has 0 spiro atoms. The Morgan fingerprint density at radius 1 is 1.64 bits per heavy atom. The zero-order valence-corrected chi connectivity index (χ0v) is 9.59.